The summed E-state index contributed by atoms with van der Waals surface area (Å²) >= 11 is 0.995. The number of methoxy groups -OCH3 is 1. The summed E-state index contributed by atoms with van der Waals surface area (Å²) in [5.41, 5.74) is 0.921. The number of carbonyl (C=O) groups is 1. The first-order valence-corrected chi connectivity index (χ1v) is 9.01. The number of aromatic carboxylic acids is 1. The van der Waals surface area contributed by atoms with E-state index in [4.69, 9.17) is 9.47 Å². The fourth-order valence-electron chi connectivity index (χ4n) is 2.68. The Labute approximate surface area is 158 Å². The lowest BCUT2D eigenvalue weighted by atomic mass is 10.2. The van der Waals surface area contributed by atoms with Crippen molar-refractivity contribution in [2.45, 2.75) is 13.8 Å². The molecule has 2 heterocycles. The molecule has 0 bridgehead atoms. The van der Waals surface area contributed by atoms with E-state index >= 15 is 0 Å². The fourth-order valence-corrected chi connectivity index (χ4v) is 3.71. The molecule has 2 N–H and O–H groups in total. The third-order valence-corrected chi connectivity index (χ3v) is 5.11. The van der Waals surface area contributed by atoms with Crippen LogP contribution in [0.2, 0.25) is 0 Å². The van der Waals surface area contributed by atoms with Crippen molar-refractivity contribution < 1.29 is 19.4 Å². The highest BCUT2D eigenvalue weighted by atomic mass is 32.1. The van der Waals surface area contributed by atoms with Gasteiger partial charge in [0.1, 0.15) is 15.5 Å². The number of aryl methyl sites for hydroxylation is 1. The van der Waals surface area contributed by atoms with E-state index in [0.717, 1.165) is 16.9 Å². The fraction of sp³-hybridized carbons (Fsp3) is 0.211. The molecule has 3 aromatic rings. The molecular weight excluding hydrogens is 368 g/mol. The molecule has 140 valence electrons. The summed E-state index contributed by atoms with van der Waals surface area (Å²) in [6.45, 7) is 4.01. The molecule has 0 amide bonds. The van der Waals surface area contributed by atoms with E-state index < -0.39 is 5.97 Å². The lowest BCUT2D eigenvalue weighted by molar-refractivity contribution is 0.0701. The van der Waals surface area contributed by atoms with Gasteiger partial charge in [0.15, 0.2) is 11.5 Å². The van der Waals surface area contributed by atoms with E-state index in [9.17, 15) is 14.7 Å². The standard InChI is InChI=1S/C19H18N2O5S/c1-4-26-13-9-11(5-7-12(13)25-3)6-8-14-20-17(22)15-10(2)16(19(23)24)27-18(15)21-14/h5-9H,4H2,1-3H3,(H,23,24)(H,20,21,22)/b8-6+. The summed E-state index contributed by atoms with van der Waals surface area (Å²) in [7, 11) is 1.58. The Bertz CT molecular complexity index is 1100. The van der Waals surface area contributed by atoms with Crippen LogP contribution >= 0.6 is 11.3 Å². The number of nitrogens with one attached hydrogen (secondary N) is 1. The highest BCUT2D eigenvalue weighted by molar-refractivity contribution is 7.20. The predicted octanol–water partition coefficient (Wildman–Crippen LogP) is 3.57. The predicted molar refractivity (Wildman–Crippen MR) is 105 cm³/mol. The Morgan fingerprint density at radius 3 is 2.78 bits per heavy atom. The third-order valence-electron chi connectivity index (χ3n) is 3.93. The molecule has 0 atom stereocenters. The van der Waals surface area contributed by atoms with Gasteiger partial charge in [-0.2, -0.15) is 0 Å². The number of rotatable bonds is 6. The molecule has 0 fully saturated rings. The zero-order chi connectivity index (χ0) is 19.6. The van der Waals surface area contributed by atoms with Gasteiger partial charge in [-0.25, -0.2) is 9.78 Å². The largest absolute Gasteiger partial charge is 0.493 e. The SMILES string of the molecule is CCOc1cc(/C=C/c2nc3sc(C(=O)O)c(C)c3c(=O)[nH]2)ccc1OC. The highest BCUT2D eigenvalue weighted by Gasteiger charge is 2.18. The molecule has 7 nitrogen and oxygen atoms in total. The lowest BCUT2D eigenvalue weighted by Crippen LogP contribution is -2.09. The van der Waals surface area contributed by atoms with Crippen molar-refractivity contribution in [1.29, 1.82) is 0 Å². The Kier molecular flexibility index (Phi) is 5.27. The van der Waals surface area contributed by atoms with Gasteiger partial charge in [-0.3, -0.25) is 4.79 Å². The zero-order valence-corrected chi connectivity index (χ0v) is 15.8. The Morgan fingerprint density at radius 1 is 1.33 bits per heavy atom. The van der Waals surface area contributed by atoms with Crippen molar-refractivity contribution in [3.05, 3.63) is 50.4 Å². The number of hydrogen-bond acceptors (Lipinski definition) is 6. The van der Waals surface area contributed by atoms with E-state index in [2.05, 4.69) is 9.97 Å². The second-order valence-electron chi connectivity index (χ2n) is 5.67. The van der Waals surface area contributed by atoms with Crippen LogP contribution in [0.3, 0.4) is 0 Å². The maximum Gasteiger partial charge on any atom is 0.346 e. The van der Waals surface area contributed by atoms with E-state index in [0.29, 0.717) is 39.7 Å². The highest BCUT2D eigenvalue weighted by Crippen LogP contribution is 2.29. The normalized spacial score (nSPS) is 11.2. The third kappa shape index (κ3) is 3.70. The zero-order valence-electron chi connectivity index (χ0n) is 15.0. The number of ether oxygens (including phenoxy) is 2. The number of carboxylic acid groups (broad SMARTS) is 1. The number of aromatic amines is 1. The topological polar surface area (TPSA) is 102 Å². The smallest absolute Gasteiger partial charge is 0.346 e. The van der Waals surface area contributed by atoms with E-state index in [1.807, 2.05) is 19.1 Å². The van der Waals surface area contributed by atoms with Crippen molar-refractivity contribution >= 4 is 39.7 Å². The Hall–Kier alpha value is -3.13. The van der Waals surface area contributed by atoms with Gasteiger partial charge in [-0.15, -0.1) is 11.3 Å². The van der Waals surface area contributed by atoms with Crippen LogP contribution < -0.4 is 15.0 Å². The van der Waals surface area contributed by atoms with Crippen LogP contribution in [0, 0.1) is 6.92 Å². The Balaban J connectivity index is 1.98. The second-order valence-corrected chi connectivity index (χ2v) is 6.67. The molecule has 2 aromatic heterocycles. The molecule has 3 rings (SSSR count). The molecule has 0 aliphatic heterocycles. The van der Waals surface area contributed by atoms with Crippen molar-refractivity contribution in [3.8, 4) is 11.5 Å². The van der Waals surface area contributed by atoms with Crippen LogP contribution in [0.4, 0.5) is 0 Å². The van der Waals surface area contributed by atoms with Crippen LogP contribution in [0.5, 0.6) is 11.5 Å². The van der Waals surface area contributed by atoms with E-state index in [1.54, 1.807) is 32.3 Å². The molecule has 0 spiro atoms. The van der Waals surface area contributed by atoms with Gasteiger partial charge in [-0.05, 0) is 43.2 Å². The summed E-state index contributed by atoms with van der Waals surface area (Å²) in [5.74, 6) is 0.546. The van der Waals surface area contributed by atoms with E-state index in [1.165, 1.54) is 0 Å². The number of H-pyrrole nitrogens is 1. The minimum atomic E-state index is -1.06. The van der Waals surface area contributed by atoms with Crippen LogP contribution in [0.15, 0.2) is 23.0 Å². The van der Waals surface area contributed by atoms with Gasteiger partial charge >= 0.3 is 5.97 Å². The molecule has 27 heavy (non-hydrogen) atoms. The molecule has 0 unspecified atom stereocenters. The number of fused-ring (bicyclic) bond motifs is 1. The van der Waals surface area contributed by atoms with Gasteiger partial charge in [0.05, 0.1) is 19.1 Å². The molecule has 0 aliphatic rings. The van der Waals surface area contributed by atoms with Gasteiger partial charge in [0.25, 0.3) is 5.56 Å². The van der Waals surface area contributed by atoms with Crippen LogP contribution in [0.1, 0.15) is 33.5 Å². The first kappa shape index (κ1) is 18.7. The van der Waals surface area contributed by atoms with E-state index in [-0.39, 0.29) is 10.4 Å². The number of hydrogen-bond donors (Lipinski definition) is 2. The first-order chi connectivity index (χ1) is 12.9. The Morgan fingerprint density at radius 2 is 2.11 bits per heavy atom. The maximum absolute atomic E-state index is 12.3. The maximum atomic E-state index is 12.3. The molecule has 1 aromatic carbocycles. The average Bonchev–Trinajstić information content (AvgIpc) is 2.98. The first-order valence-electron chi connectivity index (χ1n) is 8.20. The minimum absolute atomic E-state index is 0.126. The second kappa shape index (κ2) is 7.63. The molecule has 8 heteroatoms. The summed E-state index contributed by atoms with van der Waals surface area (Å²) in [6, 6.07) is 5.48. The summed E-state index contributed by atoms with van der Waals surface area (Å²) in [6.07, 6.45) is 3.44. The van der Waals surface area contributed by atoms with Gasteiger partial charge in [0, 0.05) is 0 Å². The number of carboxylic acids is 1. The minimum Gasteiger partial charge on any atom is -0.493 e. The number of thiophene rings is 1. The monoisotopic (exact) mass is 386 g/mol. The molecule has 0 aliphatic carbocycles. The van der Waals surface area contributed by atoms with Crippen LogP contribution in [-0.4, -0.2) is 34.8 Å². The molecule has 0 radical (unpaired) electrons. The summed E-state index contributed by atoms with van der Waals surface area (Å²) in [4.78, 5) is 31.2. The molecule has 0 saturated carbocycles. The van der Waals surface area contributed by atoms with Crippen molar-refractivity contribution in [3.63, 3.8) is 0 Å². The van der Waals surface area contributed by atoms with Crippen molar-refractivity contribution in [1.82, 2.24) is 9.97 Å². The number of aromatic nitrogens is 2. The lowest BCUT2D eigenvalue weighted by Gasteiger charge is -2.09. The van der Waals surface area contributed by atoms with Crippen LogP contribution in [0.25, 0.3) is 22.4 Å². The average molecular weight is 386 g/mol. The number of benzene rings is 1. The summed E-state index contributed by atoms with van der Waals surface area (Å²) < 4.78 is 10.8. The molecular formula is C19H18N2O5S. The van der Waals surface area contributed by atoms with Gasteiger partial charge < -0.3 is 19.6 Å². The van der Waals surface area contributed by atoms with Gasteiger partial charge in [0.2, 0.25) is 0 Å². The van der Waals surface area contributed by atoms with Gasteiger partial charge in [-0.1, -0.05) is 12.1 Å². The summed E-state index contributed by atoms with van der Waals surface area (Å²) in [5, 5.41) is 9.54. The van der Waals surface area contributed by atoms with Crippen molar-refractivity contribution in [2.24, 2.45) is 0 Å². The van der Waals surface area contributed by atoms with Crippen molar-refractivity contribution in [2.75, 3.05) is 13.7 Å². The number of nitrogens with zero attached hydrogens (tertiary/aromatic N) is 1. The quantitative estimate of drug-likeness (QED) is 0.672. The van der Waals surface area contributed by atoms with Crippen LogP contribution in [-0.2, 0) is 0 Å². The molecule has 0 saturated heterocycles.